The molecule has 1 aliphatic heterocycles. The lowest BCUT2D eigenvalue weighted by atomic mass is 9.65. The van der Waals surface area contributed by atoms with Crippen LogP contribution < -0.4 is 0 Å². The largest absolute Gasteiger partial charge is 0.455 e. The molecule has 0 atom stereocenters. The fourth-order valence-corrected chi connectivity index (χ4v) is 11.9. The van der Waals surface area contributed by atoms with Crippen LogP contribution in [-0.4, -0.2) is 14.5 Å². The Balaban J connectivity index is 0.871. The molecule has 4 heteroatoms. The minimum absolute atomic E-state index is 0.476. The van der Waals surface area contributed by atoms with Gasteiger partial charge in [0.25, 0.3) is 0 Å². The predicted octanol–water partition coefficient (Wildman–Crippen LogP) is 16.5. The van der Waals surface area contributed by atoms with E-state index in [2.05, 4.69) is 223 Å². The Morgan fingerprint density at radius 3 is 1.67 bits per heavy atom. The zero-order valence-electron chi connectivity index (χ0n) is 37.3. The Labute approximate surface area is 398 Å². The van der Waals surface area contributed by atoms with Crippen molar-refractivity contribution in [3.05, 3.63) is 259 Å². The summed E-state index contributed by atoms with van der Waals surface area (Å²) in [6.07, 6.45) is 0. The lowest BCUT2D eigenvalue weighted by Gasteiger charge is -2.39. The third kappa shape index (κ3) is 5.34. The van der Waals surface area contributed by atoms with Crippen LogP contribution in [0.3, 0.4) is 0 Å². The van der Waals surface area contributed by atoms with E-state index in [1.165, 1.54) is 66.4 Å². The normalized spacial score (nSPS) is 13.0. The molecule has 4 heterocycles. The number of hydrogen-bond donors (Lipinski definition) is 0. The molecule has 0 saturated heterocycles. The van der Waals surface area contributed by atoms with Crippen LogP contribution in [0.25, 0.3) is 117 Å². The van der Waals surface area contributed by atoms with Gasteiger partial charge in [0, 0.05) is 43.8 Å². The van der Waals surface area contributed by atoms with Crippen LogP contribution in [0.5, 0.6) is 0 Å². The van der Waals surface area contributed by atoms with Crippen molar-refractivity contribution in [2.24, 2.45) is 0 Å². The molecule has 13 aromatic rings. The van der Waals surface area contributed by atoms with E-state index in [1.54, 1.807) is 0 Å². The summed E-state index contributed by atoms with van der Waals surface area (Å²) >= 11 is 0. The lowest BCUT2D eigenvalue weighted by molar-refractivity contribution is 0.670. The first kappa shape index (κ1) is 38.0. The summed E-state index contributed by atoms with van der Waals surface area (Å²) in [6, 6.07) is 85.4. The van der Waals surface area contributed by atoms with E-state index in [0.29, 0.717) is 5.82 Å². The standard InChI is InChI=1S/C65H39N3O/c1-2-15-42(16-3-1)56-39-57(43-33-29-41(30-34-43)46-21-14-22-50-49-19-7-13-28-60(49)69-63(46)50)67-64(66-56)44-35-31-40(32-36-44)45-37-38-55-62-61(45)51-20-6-11-26-58(51)68(62)59-27-12-10-25-54(59)65(55)52-23-8-4-17-47(52)48-18-5-9-24-53(48)65/h1-39H. The van der Waals surface area contributed by atoms with Crippen LogP contribution in [0, 0.1) is 0 Å². The van der Waals surface area contributed by atoms with Crippen LogP contribution in [0.4, 0.5) is 0 Å². The van der Waals surface area contributed by atoms with Gasteiger partial charge < -0.3 is 8.98 Å². The maximum Gasteiger partial charge on any atom is 0.160 e. The monoisotopic (exact) mass is 877 g/mol. The van der Waals surface area contributed by atoms with Gasteiger partial charge in [0.1, 0.15) is 11.2 Å². The van der Waals surface area contributed by atoms with E-state index in [-0.39, 0.29) is 0 Å². The van der Waals surface area contributed by atoms with E-state index < -0.39 is 5.41 Å². The van der Waals surface area contributed by atoms with Crippen LogP contribution in [0.1, 0.15) is 22.3 Å². The third-order valence-electron chi connectivity index (χ3n) is 14.9. The number of hydrogen-bond acceptors (Lipinski definition) is 3. The molecule has 1 spiro atoms. The summed E-state index contributed by atoms with van der Waals surface area (Å²) in [4.78, 5) is 10.5. The predicted molar refractivity (Wildman–Crippen MR) is 282 cm³/mol. The van der Waals surface area contributed by atoms with Crippen molar-refractivity contribution in [3.63, 3.8) is 0 Å². The number of rotatable bonds is 5. The van der Waals surface area contributed by atoms with Crippen molar-refractivity contribution >= 4 is 43.7 Å². The number of para-hydroxylation sites is 4. The highest BCUT2D eigenvalue weighted by Crippen LogP contribution is 2.61. The van der Waals surface area contributed by atoms with Gasteiger partial charge in [0.05, 0.1) is 33.5 Å². The van der Waals surface area contributed by atoms with Gasteiger partial charge in [-0.05, 0) is 74.3 Å². The Hall–Kier alpha value is -9.12. The number of nitrogens with zero attached hydrogens (tertiary/aromatic N) is 3. The number of furan rings is 1. The van der Waals surface area contributed by atoms with Crippen molar-refractivity contribution in [2.45, 2.75) is 5.41 Å². The van der Waals surface area contributed by atoms with Gasteiger partial charge in [-0.1, -0.05) is 212 Å². The molecule has 1 aliphatic carbocycles. The Morgan fingerprint density at radius 1 is 0.362 bits per heavy atom. The average Bonchev–Trinajstić information content (AvgIpc) is 4.08. The summed E-state index contributed by atoms with van der Waals surface area (Å²) in [5.41, 5.74) is 22.1. The minimum atomic E-state index is -0.476. The minimum Gasteiger partial charge on any atom is -0.455 e. The molecule has 69 heavy (non-hydrogen) atoms. The molecule has 15 rings (SSSR count). The second kappa shape index (κ2) is 14.4. The van der Waals surface area contributed by atoms with Gasteiger partial charge in [0.2, 0.25) is 0 Å². The molecular weight excluding hydrogens is 839 g/mol. The molecule has 0 radical (unpaired) electrons. The Bertz CT molecular complexity index is 4190. The topological polar surface area (TPSA) is 43.9 Å². The zero-order chi connectivity index (χ0) is 45.2. The molecule has 320 valence electrons. The Kier molecular flexibility index (Phi) is 7.96. The summed E-state index contributed by atoms with van der Waals surface area (Å²) in [5, 5.41) is 4.75. The first-order chi connectivity index (χ1) is 34.2. The van der Waals surface area contributed by atoms with Crippen molar-refractivity contribution in [3.8, 4) is 73.0 Å². The van der Waals surface area contributed by atoms with Gasteiger partial charge >= 0.3 is 0 Å². The van der Waals surface area contributed by atoms with Gasteiger partial charge in [-0.2, -0.15) is 0 Å². The van der Waals surface area contributed by atoms with Gasteiger partial charge in [0.15, 0.2) is 5.82 Å². The maximum atomic E-state index is 6.41. The number of fused-ring (bicyclic) bond motifs is 15. The molecule has 0 N–H and O–H groups in total. The van der Waals surface area contributed by atoms with Crippen molar-refractivity contribution in [2.75, 3.05) is 0 Å². The van der Waals surface area contributed by atoms with Crippen LogP contribution in [0.2, 0.25) is 0 Å². The molecule has 2 aliphatic rings. The second-order valence-electron chi connectivity index (χ2n) is 18.4. The first-order valence-electron chi connectivity index (χ1n) is 23.6. The molecule has 0 unspecified atom stereocenters. The van der Waals surface area contributed by atoms with E-state index in [0.717, 1.165) is 66.7 Å². The van der Waals surface area contributed by atoms with E-state index in [4.69, 9.17) is 14.4 Å². The molecule has 0 fully saturated rings. The maximum absolute atomic E-state index is 6.41. The molecule has 0 bridgehead atoms. The van der Waals surface area contributed by atoms with Crippen LogP contribution in [0.15, 0.2) is 241 Å². The highest BCUT2D eigenvalue weighted by Gasteiger charge is 2.50. The SMILES string of the molecule is c1ccc(-c2cc(-c3ccc(-c4cccc5c4oc4ccccc45)cc3)nc(-c3ccc(-c4ccc5c6c4c4ccccc4n6-c4ccccc4C54c5ccccc5-c5ccccc54)cc3)n2)cc1. The molecule has 0 saturated carbocycles. The van der Waals surface area contributed by atoms with Gasteiger partial charge in [-0.15, -0.1) is 0 Å². The quantitative estimate of drug-likeness (QED) is 0.173. The summed E-state index contributed by atoms with van der Waals surface area (Å²) in [6.45, 7) is 0. The van der Waals surface area contributed by atoms with Gasteiger partial charge in [-0.3, -0.25) is 0 Å². The molecule has 3 aromatic heterocycles. The van der Waals surface area contributed by atoms with Crippen molar-refractivity contribution in [1.29, 1.82) is 0 Å². The first-order valence-corrected chi connectivity index (χ1v) is 23.6. The molecular formula is C65H39N3O. The summed E-state index contributed by atoms with van der Waals surface area (Å²) in [5.74, 6) is 0.678. The van der Waals surface area contributed by atoms with E-state index in [1.807, 2.05) is 18.2 Å². The summed E-state index contributed by atoms with van der Waals surface area (Å²) < 4.78 is 8.93. The summed E-state index contributed by atoms with van der Waals surface area (Å²) in [7, 11) is 0. The van der Waals surface area contributed by atoms with E-state index >= 15 is 0 Å². The van der Waals surface area contributed by atoms with Gasteiger partial charge in [-0.25, -0.2) is 9.97 Å². The van der Waals surface area contributed by atoms with Crippen LogP contribution in [-0.2, 0) is 5.41 Å². The number of aromatic nitrogens is 3. The van der Waals surface area contributed by atoms with Crippen molar-refractivity contribution in [1.82, 2.24) is 14.5 Å². The lowest BCUT2D eigenvalue weighted by Crippen LogP contribution is -2.33. The fourth-order valence-electron chi connectivity index (χ4n) is 11.9. The van der Waals surface area contributed by atoms with Crippen LogP contribution >= 0.6 is 0 Å². The number of benzene rings is 10. The fraction of sp³-hybridized carbons (Fsp3) is 0.0154. The highest BCUT2D eigenvalue weighted by atomic mass is 16.3. The second-order valence-corrected chi connectivity index (χ2v) is 18.4. The zero-order valence-corrected chi connectivity index (χ0v) is 37.3. The molecule has 10 aromatic carbocycles. The third-order valence-corrected chi connectivity index (χ3v) is 14.9. The smallest absolute Gasteiger partial charge is 0.160 e. The molecule has 0 amide bonds. The van der Waals surface area contributed by atoms with Crippen molar-refractivity contribution < 1.29 is 4.42 Å². The Morgan fingerprint density at radius 2 is 0.913 bits per heavy atom. The highest BCUT2D eigenvalue weighted by molar-refractivity contribution is 6.18. The van der Waals surface area contributed by atoms with E-state index in [9.17, 15) is 0 Å². The molecule has 4 nitrogen and oxygen atoms in total. The average molecular weight is 878 g/mol.